The number of carbonyl (C=O) groups excluding carboxylic acids is 2. The molecule has 1 saturated carbocycles. The second kappa shape index (κ2) is 13.2. The van der Waals surface area contributed by atoms with Gasteiger partial charge in [-0.3, -0.25) is 13.9 Å². The van der Waals surface area contributed by atoms with Gasteiger partial charge < -0.3 is 19.7 Å². The predicted octanol–water partition coefficient (Wildman–Crippen LogP) is 3.99. The average Bonchev–Trinajstić information content (AvgIpc) is 2.90. The zero-order valence-electron chi connectivity index (χ0n) is 22.3. The quantitative estimate of drug-likeness (QED) is 0.442. The molecule has 38 heavy (non-hydrogen) atoms. The van der Waals surface area contributed by atoms with Crippen molar-refractivity contribution in [3.63, 3.8) is 0 Å². The summed E-state index contributed by atoms with van der Waals surface area (Å²) in [6.45, 7) is 1.23. The molecule has 0 spiro atoms. The Labute approximate surface area is 230 Å². The molecule has 2 aromatic carbocycles. The fourth-order valence-corrected chi connectivity index (χ4v) is 5.54. The van der Waals surface area contributed by atoms with E-state index in [0.717, 1.165) is 48.2 Å². The van der Waals surface area contributed by atoms with Crippen molar-refractivity contribution in [2.75, 3.05) is 31.3 Å². The van der Waals surface area contributed by atoms with Crippen molar-refractivity contribution in [1.29, 1.82) is 0 Å². The highest BCUT2D eigenvalue weighted by atomic mass is 35.5. The number of ether oxygens (including phenoxy) is 2. The first-order valence-electron chi connectivity index (χ1n) is 12.6. The number of nitrogens with zero attached hydrogens (tertiary/aromatic N) is 2. The summed E-state index contributed by atoms with van der Waals surface area (Å²) in [5, 5.41) is 3.37. The molecular formula is C27H36ClN3O6S. The summed E-state index contributed by atoms with van der Waals surface area (Å²) in [7, 11) is -0.949. The van der Waals surface area contributed by atoms with Crippen LogP contribution in [0, 0.1) is 0 Å². The van der Waals surface area contributed by atoms with Crippen LogP contribution in [0.15, 0.2) is 42.5 Å². The van der Waals surface area contributed by atoms with Crippen LogP contribution >= 0.6 is 11.6 Å². The minimum absolute atomic E-state index is 0.0693. The van der Waals surface area contributed by atoms with E-state index in [-0.39, 0.29) is 35.0 Å². The summed E-state index contributed by atoms with van der Waals surface area (Å²) in [5.74, 6) is 0.0907. The van der Waals surface area contributed by atoms with E-state index in [1.165, 1.54) is 24.1 Å². The molecule has 0 heterocycles. The van der Waals surface area contributed by atoms with E-state index in [1.807, 2.05) is 0 Å². The van der Waals surface area contributed by atoms with Gasteiger partial charge in [-0.25, -0.2) is 8.42 Å². The van der Waals surface area contributed by atoms with Crippen LogP contribution in [0.25, 0.3) is 0 Å². The molecule has 1 unspecified atom stereocenters. The lowest BCUT2D eigenvalue weighted by Gasteiger charge is -2.33. The molecule has 1 aliphatic rings. The van der Waals surface area contributed by atoms with Gasteiger partial charge in [0.1, 0.15) is 24.1 Å². The fraction of sp³-hybridized carbons (Fsp3) is 0.481. The Kier molecular flexibility index (Phi) is 10.3. The molecule has 1 atom stereocenters. The van der Waals surface area contributed by atoms with E-state index in [2.05, 4.69) is 5.32 Å². The molecule has 0 radical (unpaired) electrons. The summed E-state index contributed by atoms with van der Waals surface area (Å²) in [4.78, 5) is 28.4. The second-order valence-electron chi connectivity index (χ2n) is 9.48. The Balaban J connectivity index is 1.92. The van der Waals surface area contributed by atoms with Crippen molar-refractivity contribution in [3.05, 3.63) is 53.1 Å². The van der Waals surface area contributed by atoms with Gasteiger partial charge in [-0.05, 0) is 55.7 Å². The fourth-order valence-electron chi connectivity index (χ4n) is 4.53. The monoisotopic (exact) mass is 565 g/mol. The molecule has 2 aromatic rings. The number of hydrogen-bond donors (Lipinski definition) is 1. The molecule has 0 bridgehead atoms. The minimum atomic E-state index is -3.92. The van der Waals surface area contributed by atoms with Crippen LogP contribution in [0.2, 0.25) is 5.02 Å². The van der Waals surface area contributed by atoms with Crippen molar-refractivity contribution in [3.8, 4) is 11.5 Å². The summed E-state index contributed by atoms with van der Waals surface area (Å²) in [6, 6.07) is 10.9. The number of carbonyl (C=O) groups is 2. The third-order valence-electron chi connectivity index (χ3n) is 6.72. The van der Waals surface area contributed by atoms with E-state index >= 15 is 0 Å². The number of benzene rings is 2. The van der Waals surface area contributed by atoms with Gasteiger partial charge in [-0.2, -0.15) is 0 Å². The van der Waals surface area contributed by atoms with Gasteiger partial charge >= 0.3 is 0 Å². The van der Waals surface area contributed by atoms with Gasteiger partial charge in [0.05, 0.1) is 26.2 Å². The van der Waals surface area contributed by atoms with Gasteiger partial charge in [-0.15, -0.1) is 0 Å². The Morgan fingerprint density at radius 3 is 2.29 bits per heavy atom. The maximum Gasteiger partial charge on any atom is 0.244 e. The highest BCUT2D eigenvalue weighted by molar-refractivity contribution is 7.92. The molecule has 0 aromatic heterocycles. The Hall–Kier alpha value is -2.98. The van der Waals surface area contributed by atoms with Crippen LogP contribution in [0.1, 0.15) is 44.6 Å². The van der Waals surface area contributed by atoms with Crippen LogP contribution in [-0.4, -0.2) is 64.2 Å². The summed E-state index contributed by atoms with van der Waals surface area (Å²) in [5.41, 5.74) is 0.905. The maximum absolute atomic E-state index is 13.8. The molecule has 2 amide bonds. The Morgan fingerprint density at radius 1 is 1.05 bits per heavy atom. The largest absolute Gasteiger partial charge is 0.497 e. The first kappa shape index (κ1) is 29.6. The number of methoxy groups -OCH3 is 2. The van der Waals surface area contributed by atoms with Crippen molar-refractivity contribution in [1.82, 2.24) is 10.2 Å². The zero-order valence-corrected chi connectivity index (χ0v) is 23.8. The summed E-state index contributed by atoms with van der Waals surface area (Å²) < 4.78 is 37.2. The SMILES string of the molecule is COc1ccc(CN(C(=O)CN(c2cc(Cl)ccc2OC)S(C)(=O)=O)C(C)C(=O)NC2CCCCC2)cc1. The second-order valence-corrected chi connectivity index (χ2v) is 11.8. The zero-order chi connectivity index (χ0) is 27.9. The predicted molar refractivity (Wildman–Crippen MR) is 148 cm³/mol. The molecule has 1 fully saturated rings. The average molecular weight is 566 g/mol. The highest BCUT2D eigenvalue weighted by Gasteiger charge is 2.32. The van der Waals surface area contributed by atoms with Crippen molar-refractivity contribution >= 4 is 39.1 Å². The van der Waals surface area contributed by atoms with E-state index in [9.17, 15) is 18.0 Å². The Bertz CT molecular complexity index is 1220. The molecule has 3 rings (SSSR count). The smallest absolute Gasteiger partial charge is 0.244 e. The maximum atomic E-state index is 13.8. The van der Waals surface area contributed by atoms with Crippen LogP contribution in [0.5, 0.6) is 11.5 Å². The van der Waals surface area contributed by atoms with Crippen LogP contribution in [0.4, 0.5) is 5.69 Å². The Morgan fingerprint density at radius 2 is 1.71 bits per heavy atom. The summed E-state index contributed by atoms with van der Waals surface area (Å²) >= 11 is 6.15. The standard InChI is InChI=1S/C27H36ClN3O6S/c1-19(27(33)29-22-8-6-5-7-9-22)30(17-20-10-13-23(36-2)14-11-20)26(32)18-31(38(4,34)35)24-16-21(28)12-15-25(24)37-3/h10-16,19,22H,5-9,17-18H2,1-4H3,(H,29,33). The number of hydrogen-bond acceptors (Lipinski definition) is 6. The third kappa shape index (κ3) is 7.77. The molecule has 1 N–H and O–H groups in total. The molecular weight excluding hydrogens is 530 g/mol. The van der Waals surface area contributed by atoms with Crippen LogP contribution < -0.4 is 19.1 Å². The summed E-state index contributed by atoms with van der Waals surface area (Å²) in [6.07, 6.45) is 6.08. The number of amides is 2. The van der Waals surface area contributed by atoms with Gasteiger partial charge in [0.25, 0.3) is 0 Å². The lowest BCUT2D eigenvalue weighted by Crippen LogP contribution is -2.53. The lowest BCUT2D eigenvalue weighted by molar-refractivity contribution is -0.139. The first-order chi connectivity index (χ1) is 18.0. The number of rotatable bonds is 11. The van der Waals surface area contributed by atoms with Gasteiger partial charge in [0.15, 0.2) is 0 Å². The molecule has 0 saturated heterocycles. The number of halogens is 1. The molecule has 11 heteroatoms. The van der Waals surface area contributed by atoms with E-state index < -0.39 is 28.5 Å². The van der Waals surface area contributed by atoms with Gasteiger partial charge in [-0.1, -0.05) is 43.0 Å². The van der Waals surface area contributed by atoms with Crippen molar-refractivity contribution in [2.45, 2.75) is 57.7 Å². The molecule has 9 nitrogen and oxygen atoms in total. The lowest BCUT2D eigenvalue weighted by atomic mass is 9.95. The highest BCUT2D eigenvalue weighted by Crippen LogP contribution is 2.33. The van der Waals surface area contributed by atoms with Crippen LogP contribution in [-0.2, 0) is 26.2 Å². The van der Waals surface area contributed by atoms with Crippen molar-refractivity contribution in [2.24, 2.45) is 0 Å². The van der Waals surface area contributed by atoms with Crippen molar-refractivity contribution < 1.29 is 27.5 Å². The molecule has 1 aliphatic carbocycles. The van der Waals surface area contributed by atoms with Crippen LogP contribution in [0.3, 0.4) is 0 Å². The van der Waals surface area contributed by atoms with E-state index in [4.69, 9.17) is 21.1 Å². The van der Waals surface area contributed by atoms with E-state index in [0.29, 0.717) is 5.75 Å². The number of anilines is 1. The molecule has 208 valence electrons. The van der Waals surface area contributed by atoms with E-state index in [1.54, 1.807) is 44.4 Å². The minimum Gasteiger partial charge on any atom is -0.497 e. The van der Waals surface area contributed by atoms with Gasteiger partial charge in [0, 0.05) is 17.6 Å². The number of nitrogens with one attached hydrogen (secondary N) is 1. The topological polar surface area (TPSA) is 105 Å². The number of sulfonamides is 1. The molecule has 0 aliphatic heterocycles. The normalized spacial score (nSPS) is 14.9. The first-order valence-corrected chi connectivity index (χ1v) is 14.8. The third-order valence-corrected chi connectivity index (χ3v) is 8.08. The van der Waals surface area contributed by atoms with Gasteiger partial charge in [0.2, 0.25) is 21.8 Å².